The van der Waals surface area contributed by atoms with Gasteiger partial charge in [-0.15, -0.1) is 0 Å². The van der Waals surface area contributed by atoms with Crippen LogP contribution >= 0.6 is 0 Å². The van der Waals surface area contributed by atoms with Crippen molar-refractivity contribution >= 4 is 0 Å². The van der Waals surface area contributed by atoms with Gasteiger partial charge in [0.1, 0.15) is 11.5 Å². The first-order valence-corrected chi connectivity index (χ1v) is 7.20. The molecule has 3 atom stereocenters. The van der Waals surface area contributed by atoms with Gasteiger partial charge in [-0.1, -0.05) is 19.4 Å². The van der Waals surface area contributed by atoms with Gasteiger partial charge in [0.05, 0.1) is 13.2 Å². The molecule has 106 valence electrons. The molecule has 0 spiro atoms. The van der Waals surface area contributed by atoms with Crippen molar-refractivity contribution in [1.29, 1.82) is 0 Å². The van der Waals surface area contributed by atoms with E-state index in [0.29, 0.717) is 6.10 Å². The maximum atomic E-state index is 6.20. The van der Waals surface area contributed by atoms with Crippen molar-refractivity contribution in [2.24, 2.45) is 11.7 Å². The standard InChI is InChI=1S/C16H25NO2/c1-11-5-4-6-14(9-11)19-16-10-13(18-3)7-8-15(16)12(2)17/h7-8,10-12,14H,4-6,9,17H2,1-3H3. The Morgan fingerprint density at radius 3 is 2.74 bits per heavy atom. The van der Waals surface area contributed by atoms with Gasteiger partial charge in [0.15, 0.2) is 0 Å². The number of hydrogen-bond acceptors (Lipinski definition) is 3. The Morgan fingerprint density at radius 1 is 1.32 bits per heavy atom. The Bertz CT molecular complexity index is 417. The second-order valence-corrected chi connectivity index (χ2v) is 5.70. The second kappa shape index (κ2) is 6.29. The molecule has 1 fully saturated rings. The van der Waals surface area contributed by atoms with Gasteiger partial charge in [-0.3, -0.25) is 0 Å². The highest BCUT2D eigenvalue weighted by Crippen LogP contribution is 2.33. The van der Waals surface area contributed by atoms with Gasteiger partial charge in [0.25, 0.3) is 0 Å². The summed E-state index contributed by atoms with van der Waals surface area (Å²) in [5.41, 5.74) is 7.07. The van der Waals surface area contributed by atoms with E-state index in [0.717, 1.165) is 35.8 Å². The minimum absolute atomic E-state index is 0.0260. The molecule has 0 saturated heterocycles. The fourth-order valence-corrected chi connectivity index (χ4v) is 2.78. The molecule has 1 aliphatic carbocycles. The van der Waals surface area contributed by atoms with E-state index in [1.54, 1.807) is 7.11 Å². The molecule has 19 heavy (non-hydrogen) atoms. The maximum Gasteiger partial charge on any atom is 0.128 e. The lowest BCUT2D eigenvalue weighted by molar-refractivity contribution is 0.127. The SMILES string of the molecule is COc1ccc(C(C)N)c(OC2CCCC(C)C2)c1. The lowest BCUT2D eigenvalue weighted by Gasteiger charge is -2.28. The van der Waals surface area contributed by atoms with E-state index < -0.39 is 0 Å². The van der Waals surface area contributed by atoms with Crippen LogP contribution in [0.1, 0.15) is 51.1 Å². The van der Waals surface area contributed by atoms with Crippen molar-refractivity contribution in [3.8, 4) is 11.5 Å². The van der Waals surface area contributed by atoms with Crippen LogP contribution in [0.5, 0.6) is 11.5 Å². The molecule has 0 radical (unpaired) electrons. The molecule has 0 bridgehead atoms. The molecule has 0 amide bonds. The third kappa shape index (κ3) is 3.63. The van der Waals surface area contributed by atoms with Gasteiger partial charge in [-0.2, -0.15) is 0 Å². The van der Waals surface area contributed by atoms with E-state index >= 15 is 0 Å². The Hall–Kier alpha value is -1.22. The van der Waals surface area contributed by atoms with Gasteiger partial charge >= 0.3 is 0 Å². The summed E-state index contributed by atoms with van der Waals surface area (Å²) in [5, 5.41) is 0. The number of nitrogens with two attached hydrogens (primary N) is 1. The minimum Gasteiger partial charge on any atom is -0.497 e. The molecule has 3 unspecified atom stereocenters. The van der Waals surface area contributed by atoms with E-state index in [1.807, 2.05) is 25.1 Å². The van der Waals surface area contributed by atoms with Crippen molar-refractivity contribution in [2.45, 2.75) is 51.7 Å². The van der Waals surface area contributed by atoms with Crippen LogP contribution in [0.25, 0.3) is 0 Å². The number of ether oxygens (including phenoxy) is 2. The average Bonchev–Trinajstić information content (AvgIpc) is 2.38. The molecule has 1 aromatic carbocycles. The van der Waals surface area contributed by atoms with Crippen LogP contribution in [0.2, 0.25) is 0 Å². The Kier molecular flexibility index (Phi) is 4.70. The summed E-state index contributed by atoms with van der Waals surface area (Å²) in [5.74, 6) is 2.46. The third-order valence-corrected chi connectivity index (χ3v) is 3.89. The van der Waals surface area contributed by atoms with Crippen LogP contribution < -0.4 is 15.2 Å². The van der Waals surface area contributed by atoms with Crippen molar-refractivity contribution in [3.63, 3.8) is 0 Å². The quantitative estimate of drug-likeness (QED) is 0.901. The molecule has 3 nitrogen and oxygen atoms in total. The molecule has 2 N–H and O–H groups in total. The van der Waals surface area contributed by atoms with E-state index in [9.17, 15) is 0 Å². The van der Waals surface area contributed by atoms with E-state index in [4.69, 9.17) is 15.2 Å². The molecule has 1 aromatic rings. The smallest absolute Gasteiger partial charge is 0.128 e. The van der Waals surface area contributed by atoms with Crippen molar-refractivity contribution in [1.82, 2.24) is 0 Å². The molecule has 0 heterocycles. The topological polar surface area (TPSA) is 44.5 Å². The zero-order chi connectivity index (χ0) is 13.8. The Labute approximate surface area is 116 Å². The molecule has 0 aromatic heterocycles. The molecular formula is C16H25NO2. The highest BCUT2D eigenvalue weighted by Gasteiger charge is 2.22. The number of benzene rings is 1. The third-order valence-electron chi connectivity index (χ3n) is 3.89. The summed E-state index contributed by atoms with van der Waals surface area (Å²) in [6.45, 7) is 4.28. The minimum atomic E-state index is -0.0260. The summed E-state index contributed by atoms with van der Waals surface area (Å²) in [6, 6.07) is 5.87. The van der Waals surface area contributed by atoms with Crippen LogP contribution in [-0.4, -0.2) is 13.2 Å². The van der Waals surface area contributed by atoms with Gasteiger partial charge < -0.3 is 15.2 Å². The zero-order valence-corrected chi connectivity index (χ0v) is 12.2. The summed E-state index contributed by atoms with van der Waals surface area (Å²) in [7, 11) is 1.67. The van der Waals surface area contributed by atoms with Crippen molar-refractivity contribution in [3.05, 3.63) is 23.8 Å². The molecule has 0 aliphatic heterocycles. The van der Waals surface area contributed by atoms with Crippen LogP contribution in [0.3, 0.4) is 0 Å². The normalized spacial score (nSPS) is 24.8. The lowest BCUT2D eigenvalue weighted by atomic mass is 9.88. The van der Waals surface area contributed by atoms with Crippen molar-refractivity contribution < 1.29 is 9.47 Å². The number of hydrogen-bond donors (Lipinski definition) is 1. The van der Waals surface area contributed by atoms with Gasteiger partial charge in [-0.05, 0) is 38.2 Å². The summed E-state index contributed by atoms with van der Waals surface area (Å²) in [4.78, 5) is 0. The van der Waals surface area contributed by atoms with Gasteiger partial charge in [0, 0.05) is 17.7 Å². The van der Waals surface area contributed by atoms with Crippen LogP contribution in [-0.2, 0) is 0 Å². The fraction of sp³-hybridized carbons (Fsp3) is 0.625. The van der Waals surface area contributed by atoms with E-state index in [1.165, 1.54) is 12.8 Å². The van der Waals surface area contributed by atoms with E-state index in [2.05, 4.69) is 6.92 Å². The summed E-state index contributed by atoms with van der Waals surface area (Å²) < 4.78 is 11.5. The first-order chi connectivity index (χ1) is 9.10. The van der Waals surface area contributed by atoms with Crippen LogP contribution in [0, 0.1) is 5.92 Å². The van der Waals surface area contributed by atoms with Crippen molar-refractivity contribution in [2.75, 3.05) is 7.11 Å². The first-order valence-electron chi connectivity index (χ1n) is 7.20. The molecule has 1 aliphatic rings. The Morgan fingerprint density at radius 2 is 2.11 bits per heavy atom. The predicted molar refractivity (Wildman–Crippen MR) is 77.6 cm³/mol. The largest absolute Gasteiger partial charge is 0.497 e. The highest BCUT2D eigenvalue weighted by molar-refractivity contribution is 5.42. The summed E-state index contributed by atoms with van der Waals surface area (Å²) in [6.07, 6.45) is 5.16. The zero-order valence-electron chi connectivity index (χ0n) is 12.2. The molecular weight excluding hydrogens is 238 g/mol. The highest BCUT2D eigenvalue weighted by atomic mass is 16.5. The number of methoxy groups -OCH3 is 1. The average molecular weight is 263 g/mol. The maximum absolute atomic E-state index is 6.20. The predicted octanol–water partition coefficient (Wildman–Crippen LogP) is 3.67. The lowest BCUT2D eigenvalue weighted by Crippen LogP contribution is -2.25. The van der Waals surface area contributed by atoms with Crippen LogP contribution in [0.15, 0.2) is 18.2 Å². The first kappa shape index (κ1) is 14.2. The van der Waals surface area contributed by atoms with E-state index in [-0.39, 0.29) is 6.04 Å². The van der Waals surface area contributed by atoms with Gasteiger partial charge in [-0.25, -0.2) is 0 Å². The molecule has 3 heteroatoms. The molecule has 2 rings (SSSR count). The van der Waals surface area contributed by atoms with Crippen LogP contribution in [0.4, 0.5) is 0 Å². The summed E-state index contributed by atoms with van der Waals surface area (Å²) >= 11 is 0. The fourth-order valence-electron chi connectivity index (χ4n) is 2.78. The monoisotopic (exact) mass is 263 g/mol. The second-order valence-electron chi connectivity index (χ2n) is 5.70. The van der Waals surface area contributed by atoms with Gasteiger partial charge in [0.2, 0.25) is 0 Å². The Balaban J connectivity index is 2.16. The number of rotatable bonds is 4. The molecule has 1 saturated carbocycles.